The van der Waals surface area contributed by atoms with Gasteiger partial charge in [0, 0.05) is 29.2 Å². The second kappa shape index (κ2) is 5.85. The highest BCUT2D eigenvalue weighted by atomic mass is 32.2. The third-order valence-electron chi connectivity index (χ3n) is 4.06. The first-order valence-electron chi connectivity index (χ1n) is 6.89. The average molecular weight is 297 g/mol. The van der Waals surface area contributed by atoms with E-state index in [1.165, 1.54) is 16.2 Å². The van der Waals surface area contributed by atoms with E-state index < -0.39 is 0 Å². The number of carbonyl (C=O) groups is 1. The number of fused-ring (bicyclic) bond motifs is 1. The fourth-order valence-corrected chi connectivity index (χ4v) is 5.22. The minimum absolute atomic E-state index is 0.0507. The zero-order valence-corrected chi connectivity index (χ0v) is 12.5. The number of aliphatic hydroxyl groups is 1. The molecule has 1 aromatic heterocycles. The van der Waals surface area contributed by atoms with E-state index >= 15 is 0 Å². The van der Waals surface area contributed by atoms with E-state index in [0.29, 0.717) is 0 Å². The molecule has 0 bridgehead atoms. The topological polar surface area (TPSA) is 49.3 Å². The molecular weight excluding hydrogens is 278 g/mol. The molecule has 0 radical (unpaired) electrons. The van der Waals surface area contributed by atoms with E-state index in [1.807, 2.05) is 11.8 Å². The lowest BCUT2D eigenvalue weighted by Crippen LogP contribution is -2.38. The van der Waals surface area contributed by atoms with Crippen LogP contribution >= 0.6 is 23.1 Å². The highest BCUT2D eigenvalue weighted by Gasteiger charge is 2.28. The van der Waals surface area contributed by atoms with Gasteiger partial charge in [-0.25, -0.2) is 0 Å². The van der Waals surface area contributed by atoms with Gasteiger partial charge in [0.05, 0.1) is 4.88 Å². The molecule has 0 aromatic carbocycles. The summed E-state index contributed by atoms with van der Waals surface area (Å²) in [5, 5.41) is 12.4. The van der Waals surface area contributed by atoms with Gasteiger partial charge in [0.2, 0.25) is 0 Å². The molecule has 104 valence electrons. The molecule has 3 rings (SSSR count). The number of aryl methyl sites for hydroxylation is 1. The molecule has 0 spiro atoms. The molecule has 1 amide bonds. The minimum atomic E-state index is 0.0507. The van der Waals surface area contributed by atoms with Crippen molar-refractivity contribution in [2.24, 2.45) is 5.92 Å². The van der Waals surface area contributed by atoms with Crippen LogP contribution in [0.15, 0.2) is 6.07 Å². The van der Waals surface area contributed by atoms with Crippen molar-refractivity contribution in [2.45, 2.75) is 37.5 Å². The summed E-state index contributed by atoms with van der Waals surface area (Å²) in [4.78, 5) is 14.5. The highest BCUT2D eigenvalue weighted by Crippen LogP contribution is 2.32. The number of amides is 1. The molecule has 0 saturated heterocycles. The Morgan fingerprint density at radius 2 is 2.37 bits per heavy atom. The van der Waals surface area contributed by atoms with Crippen LogP contribution < -0.4 is 5.32 Å². The second-order valence-corrected chi connectivity index (χ2v) is 7.56. The molecular formula is C14H19NO2S2. The summed E-state index contributed by atoms with van der Waals surface area (Å²) in [6.07, 6.45) is 4.23. The predicted molar refractivity (Wildman–Crippen MR) is 79.9 cm³/mol. The molecule has 1 aliphatic carbocycles. The van der Waals surface area contributed by atoms with Crippen LogP contribution in [0, 0.1) is 5.92 Å². The maximum atomic E-state index is 12.3. The van der Waals surface area contributed by atoms with Gasteiger partial charge in [0.15, 0.2) is 0 Å². The molecule has 5 heteroatoms. The van der Waals surface area contributed by atoms with E-state index in [0.717, 1.165) is 36.3 Å². The summed E-state index contributed by atoms with van der Waals surface area (Å²) >= 11 is 3.59. The van der Waals surface area contributed by atoms with Gasteiger partial charge in [-0.2, -0.15) is 11.8 Å². The lowest BCUT2D eigenvalue weighted by molar-refractivity contribution is 0.0920. The fraction of sp³-hybridized carbons (Fsp3) is 0.643. The molecule has 1 saturated carbocycles. The molecule has 1 aromatic rings. The zero-order valence-electron chi connectivity index (χ0n) is 10.9. The Morgan fingerprint density at radius 1 is 1.47 bits per heavy atom. The first-order valence-corrected chi connectivity index (χ1v) is 8.86. The Bertz CT molecular complexity index is 449. The van der Waals surface area contributed by atoms with Crippen molar-refractivity contribution in [2.75, 3.05) is 12.4 Å². The molecule has 2 atom stereocenters. The zero-order chi connectivity index (χ0) is 13.2. The van der Waals surface area contributed by atoms with Crippen LogP contribution in [0.2, 0.25) is 0 Å². The van der Waals surface area contributed by atoms with Crippen LogP contribution in [-0.4, -0.2) is 29.4 Å². The van der Waals surface area contributed by atoms with Crippen LogP contribution in [0.1, 0.15) is 39.4 Å². The van der Waals surface area contributed by atoms with Crippen LogP contribution in [-0.2, 0) is 12.2 Å². The standard InChI is InChI=1S/C14H19NO2S2/c16-7-9-2-1-3-11(9)15-14(17)13-6-10-8-18-5-4-12(10)19-13/h6,9,11,16H,1-5,7-8H2,(H,15,17). The quantitative estimate of drug-likeness (QED) is 0.901. The Labute approximate surface area is 121 Å². The summed E-state index contributed by atoms with van der Waals surface area (Å²) in [5.41, 5.74) is 1.34. The number of thiophene rings is 1. The van der Waals surface area contributed by atoms with Crippen molar-refractivity contribution in [1.29, 1.82) is 0 Å². The Kier molecular flexibility index (Phi) is 4.15. The number of hydrogen-bond acceptors (Lipinski definition) is 4. The molecule has 19 heavy (non-hydrogen) atoms. The molecule has 2 heterocycles. The average Bonchev–Trinajstić information content (AvgIpc) is 3.03. The second-order valence-electron chi connectivity index (χ2n) is 5.32. The predicted octanol–water partition coefficient (Wildman–Crippen LogP) is 2.43. The summed E-state index contributed by atoms with van der Waals surface area (Å²) in [5.74, 6) is 2.51. The van der Waals surface area contributed by atoms with Gasteiger partial charge in [-0.3, -0.25) is 4.79 Å². The fourth-order valence-electron chi connectivity index (χ4n) is 2.94. The maximum absolute atomic E-state index is 12.3. The van der Waals surface area contributed by atoms with Crippen molar-refractivity contribution in [3.8, 4) is 0 Å². The van der Waals surface area contributed by atoms with Gasteiger partial charge in [-0.15, -0.1) is 11.3 Å². The minimum Gasteiger partial charge on any atom is -0.396 e. The maximum Gasteiger partial charge on any atom is 0.261 e. The molecule has 1 fully saturated rings. The third kappa shape index (κ3) is 2.83. The van der Waals surface area contributed by atoms with Crippen molar-refractivity contribution >= 4 is 29.0 Å². The molecule has 2 N–H and O–H groups in total. The van der Waals surface area contributed by atoms with Crippen LogP contribution in [0.25, 0.3) is 0 Å². The van der Waals surface area contributed by atoms with Crippen LogP contribution in [0.4, 0.5) is 0 Å². The Balaban J connectivity index is 1.68. The van der Waals surface area contributed by atoms with Crippen LogP contribution in [0.3, 0.4) is 0 Å². The summed E-state index contributed by atoms with van der Waals surface area (Å²) in [6.45, 7) is 0.183. The molecule has 3 nitrogen and oxygen atoms in total. The number of nitrogens with one attached hydrogen (secondary N) is 1. The molecule has 2 aliphatic rings. The Morgan fingerprint density at radius 3 is 3.16 bits per heavy atom. The number of carbonyl (C=O) groups excluding carboxylic acids is 1. The van der Waals surface area contributed by atoms with E-state index in [4.69, 9.17) is 0 Å². The van der Waals surface area contributed by atoms with Gasteiger partial charge in [0.1, 0.15) is 0 Å². The summed E-state index contributed by atoms with van der Waals surface area (Å²) in [6, 6.07) is 2.22. The summed E-state index contributed by atoms with van der Waals surface area (Å²) < 4.78 is 0. The van der Waals surface area contributed by atoms with Gasteiger partial charge in [-0.05, 0) is 36.6 Å². The van der Waals surface area contributed by atoms with Gasteiger partial charge < -0.3 is 10.4 Å². The number of aliphatic hydroxyl groups excluding tert-OH is 1. The van der Waals surface area contributed by atoms with Crippen molar-refractivity contribution in [3.05, 3.63) is 21.4 Å². The Hall–Kier alpha value is -0.520. The molecule has 2 unspecified atom stereocenters. The van der Waals surface area contributed by atoms with Crippen molar-refractivity contribution in [1.82, 2.24) is 5.32 Å². The van der Waals surface area contributed by atoms with E-state index in [-0.39, 0.29) is 24.5 Å². The first-order chi connectivity index (χ1) is 9.28. The summed E-state index contributed by atoms with van der Waals surface area (Å²) in [7, 11) is 0. The lowest BCUT2D eigenvalue weighted by Gasteiger charge is -2.18. The monoisotopic (exact) mass is 297 g/mol. The SMILES string of the molecule is O=C(NC1CCCC1CO)c1cc2c(s1)CCSC2. The van der Waals surface area contributed by atoms with Gasteiger partial charge >= 0.3 is 0 Å². The largest absolute Gasteiger partial charge is 0.396 e. The smallest absolute Gasteiger partial charge is 0.261 e. The van der Waals surface area contributed by atoms with E-state index in [9.17, 15) is 9.90 Å². The van der Waals surface area contributed by atoms with Gasteiger partial charge in [-0.1, -0.05) is 6.42 Å². The lowest BCUT2D eigenvalue weighted by atomic mass is 10.1. The third-order valence-corrected chi connectivity index (χ3v) is 6.31. The van der Waals surface area contributed by atoms with Crippen molar-refractivity contribution in [3.63, 3.8) is 0 Å². The van der Waals surface area contributed by atoms with Crippen LogP contribution in [0.5, 0.6) is 0 Å². The van der Waals surface area contributed by atoms with Gasteiger partial charge in [0.25, 0.3) is 5.91 Å². The number of hydrogen-bond donors (Lipinski definition) is 2. The number of rotatable bonds is 3. The molecule has 1 aliphatic heterocycles. The highest BCUT2D eigenvalue weighted by molar-refractivity contribution is 7.98. The van der Waals surface area contributed by atoms with E-state index in [2.05, 4.69) is 11.4 Å². The van der Waals surface area contributed by atoms with E-state index in [1.54, 1.807) is 11.3 Å². The van der Waals surface area contributed by atoms with Crippen molar-refractivity contribution < 1.29 is 9.90 Å². The number of thioether (sulfide) groups is 1. The normalized spacial score (nSPS) is 26.2. The first kappa shape index (κ1) is 13.5.